The predicted molar refractivity (Wildman–Crippen MR) is 47.1 cm³/mol. The zero-order chi connectivity index (χ0) is 8.27. The molecule has 1 aromatic rings. The Morgan fingerprint density at radius 2 is 1.82 bits per heavy atom. The van der Waals surface area contributed by atoms with E-state index < -0.39 is 6.10 Å². The number of aliphatic hydroxyl groups is 1. The van der Waals surface area contributed by atoms with Crippen molar-refractivity contribution in [2.45, 2.75) is 6.10 Å². The molecule has 11 heavy (non-hydrogen) atoms. The van der Waals surface area contributed by atoms with Crippen LogP contribution in [0.1, 0.15) is 11.7 Å². The fraction of sp³-hybridized carbons (Fsp3) is 0.250. The molecule has 0 saturated carbocycles. The minimum atomic E-state index is -0.589. The molecule has 0 heterocycles. The molecule has 0 aromatic heterocycles. The summed E-state index contributed by atoms with van der Waals surface area (Å²) in [5.41, 5.74) is 0.796. The van der Waals surface area contributed by atoms with Gasteiger partial charge in [-0.1, -0.05) is 23.7 Å². The molecule has 60 valence electrons. The van der Waals surface area contributed by atoms with Crippen LogP contribution in [0.3, 0.4) is 0 Å². The summed E-state index contributed by atoms with van der Waals surface area (Å²) in [5.74, 6) is 0.210. The van der Waals surface area contributed by atoms with Crippen molar-refractivity contribution in [1.29, 1.82) is 0 Å². The van der Waals surface area contributed by atoms with Crippen LogP contribution < -0.4 is 0 Å². The Hall–Kier alpha value is -0.240. The topological polar surface area (TPSA) is 20.2 Å². The van der Waals surface area contributed by atoms with Gasteiger partial charge >= 0.3 is 0 Å². The molecule has 1 aromatic carbocycles. The van der Waals surface area contributed by atoms with Crippen LogP contribution in [0.25, 0.3) is 0 Å². The van der Waals surface area contributed by atoms with Crippen LogP contribution >= 0.6 is 23.2 Å². The number of aliphatic hydroxyl groups excluding tert-OH is 1. The third-order valence-corrected chi connectivity index (χ3v) is 1.95. The zero-order valence-electron chi connectivity index (χ0n) is 5.80. The molecular weight excluding hydrogens is 183 g/mol. The van der Waals surface area contributed by atoms with Gasteiger partial charge in [0.1, 0.15) is 0 Å². The quantitative estimate of drug-likeness (QED) is 0.712. The van der Waals surface area contributed by atoms with Gasteiger partial charge in [0.05, 0.1) is 12.0 Å². The van der Waals surface area contributed by atoms with Crippen molar-refractivity contribution in [3.63, 3.8) is 0 Å². The van der Waals surface area contributed by atoms with Crippen molar-refractivity contribution in [3.05, 3.63) is 34.9 Å². The van der Waals surface area contributed by atoms with Crippen LogP contribution in [-0.4, -0.2) is 11.0 Å². The maximum Gasteiger partial charge on any atom is 0.0925 e. The third kappa shape index (κ3) is 2.37. The average molecular weight is 191 g/mol. The maximum atomic E-state index is 9.25. The minimum Gasteiger partial charge on any atom is -0.387 e. The summed E-state index contributed by atoms with van der Waals surface area (Å²) in [6.07, 6.45) is -0.589. The predicted octanol–water partition coefficient (Wildman–Crippen LogP) is 2.61. The molecule has 0 aliphatic rings. The molecule has 0 radical (unpaired) electrons. The normalized spacial score (nSPS) is 13.0. The number of hydrogen-bond acceptors (Lipinski definition) is 1. The summed E-state index contributed by atoms with van der Waals surface area (Å²) in [7, 11) is 0. The minimum absolute atomic E-state index is 0.210. The van der Waals surface area contributed by atoms with Gasteiger partial charge in [-0.2, -0.15) is 0 Å². The molecule has 1 nitrogen and oxygen atoms in total. The molecule has 0 fully saturated rings. The lowest BCUT2D eigenvalue weighted by atomic mass is 10.1. The van der Waals surface area contributed by atoms with Crippen LogP contribution in [-0.2, 0) is 0 Å². The summed E-state index contributed by atoms with van der Waals surface area (Å²) < 4.78 is 0. The first-order valence-electron chi connectivity index (χ1n) is 3.23. The molecule has 0 amide bonds. The number of hydrogen-bond donors (Lipinski definition) is 1. The standard InChI is InChI=1S/C8H8Cl2O/c9-5-8(11)6-1-3-7(10)4-2-6/h1-4,8,11H,5H2/t8-/m1/s1. The monoisotopic (exact) mass is 190 g/mol. The van der Waals surface area contributed by atoms with Gasteiger partial charge in [0.25, 0.3) is 0 Å². The van der Waals surface area contributed by atoms with Crippen molar-refractivity contribution in [1.82, 2.24) is 0 Å². The van der Waals surface area contributed by atoms with Crippen molar-refractivity contribution >= 4 is 23.2 Å². The lowest BCUT2D eigenvalue weighted by Gasteiger charge is -2.05. The van der Waals surface area contributed by atoms with Crippen molar-refractivity contribution in [2.24, 2.45) is 0 Å². The summed E-state index contributed by atoms with van der Waals surface area (Å²) >= 11 is 11.1. The van der Waals surface area contributed by atoms with Gasteiger partial charge in [-0.15, -0.1) is 11.6 Å². The molecule has 0 spiro atoms. The Morgan fingerprint density at radius 3 is 2.27 bits per heavy atom. The van der Waals surface area contributed by atoms with Crippen LogP contribution in [0, 0.1) is 0 Å². The third-order valence-electron chi connectivity index (χ3n) is 1.40. The Labute approximate surface area is 75.6 Å². The number of halogens is 2. The van der Waals surface area contributed by atoms with E-state index in [1.807, 2.05) is 0 Å². The lowest BCUT2D eigenvalue weighted by molar-refractivity contribution is 0.202. The molecular formula is C8H8Cl2O. The van der Waals surface area contributed by atoms with Crippen molar-refractivity contribution < 1.29 is 5.11 Å². The molecule has 0 aliphatic carbocycles. The molecule has 0 saturated heterocycles. The summed E-state index contributed by atoms with van der Waals surface area (Å²) in [6.45, 7) is 0. The van der Waals surface area contributed by atoms with Gasteiger partial charge in [-0.25, -0.2) is 0 Å². The Balaban J connectivity index is 2.81. The van der Waals surface area contributed by atoms with E-state index in [1.165, 1.54) is 0 Å². The average Bonchev–Trinajstić information content (AvgIpc) is 2.05. The van der Waals surface area contributed by atoms with Crippen molar-refractivity contribution in [3.8, 4) is 0 Å². The number of alkyl halides is 1. The highest BCUT2D eigenvalue weighted by atomic mass is 35.5. The molecule has 0 bridgehead atoms. The summed E-state index contributed by atoms with van der Waals surface area (Å²) in [5, 5.41) is 9.91. The van der Waals surface area contributed by atoms with Gasteiger partial charge in [-0.3, -0.25) is 0 Å². The fourth-order valence-electron chi connectivity index (χ4n) is 0.774. The Morgan fingerprint density at radius 1 is 1.27 bits per heavy atom. The summed E-state index contributed by atoms with van der Waals surface area (Å²) in [4.78, 5) is 0. The van der Waals surface area contributed by atoms with Crippen LogP contribution in [0.15, 0.2) is 24.3 Å². The molecule has 3 heteroatoms. The molecule has 0 unspecified atom stereocenters. The second kappa shape index (κ2) is 3.96. The van der Waals surface area contributed by atoms with Crippen LogP contribution in [0.4, 0.5) is 0 Å². The number of rotatable bonds is 2. The van der Waals surface area contributed by atoms with Gasteiger partial charge in [0.15, 0.2) is 0 Å². The highest BCUT2D eigenvalue weighted by molar-refractivity contribution is 6.30. The molecule has 1 rings (SSSR count). The van der Waals surface area contributed by atoms with E-state index in [2.05, 4.69) is 0 Å². The van der Waals surface area contributed by atoms with Gasteiger partial charge in [0.2, 0.25) is 0 Å². The van der Waals surface area contributed by atoms with Crippen LogP contribution in [0.5, 0.6) is 0 Å². The first-order valence-corrected chi connectivity index (χ1v) is 4.15. The molecule has 1 N–H and O–H groups in total. The lowest BCUT2D eigenvalue weighted by Crippen LogP contribution is -1.97. The summed E-state index contributed by atoms with van der Waals surface area (Å²) in [6, 6.07) is 6.98. The second-order valence-corrected chi connectivity index (χ2v) is 2.97. The molecule has 0 aliphatic heterocycles. The SMILES string of the molecule is O[C@H](CCl)c1ccc(Cl)cc1. The van der Waals surface area contributed by atoms with E-state index in [0.717, 1.165) is 5.56 Å². The van der Waals surface area contributed by atoms with Gasteiger partial charge in [-0.05, 0) is 17.7 Å². The van der Waals surface area contributed by atoms with Crippen molar-refractivity contribution in [2.75, 3.05) is 5.88 Å². The van der Waals surface area contributed by atoms with Gasteiger partial charge < -0.3 is 5.11 Å². The van der Waals surface area contributed by atoms with E-state index in [1.54, 1.807) is 24.3 Å². The zero-order valence-corrected chi connectivity index (χ0v) is 7.31. The first-order chi connectivity index (χ1) is 5.24. The smallest absolute Gasteiger partial charge is 0.0925 e. The van der Waals surface area contributed by atoms with Crippen LogP contribution in [0.2, 0.25) is 5.02 Å². The van der Waals surface area contributed by atoms with E-state index >= 15 is 0 Å². The highest BCUT2D eigenvalue weighted by Crippen LogP contribution is 2.16. The van der Waals surface area contributed by atoms with E-state index in [9.17, 15) is 5.11 Å². The number of benzene rings is 1. The Kier molecular flexibility index (Phi) is 3.18. The largest absolute Gasteiger partial charge is 0.387 e. The maximum absolute atomic E-state index is 9.25. The van der Waals surface area contributed by atoms with E-state index in [4.69, 9.17) is 23.2 Å². The van der Waals surface area contributed by atoms with Gasteiger partial charge in [0, 0.05) is 5.02 Å². The Bertz CT molecular complexity index is 220. The first kappa shape index (κ1) is 8.85. The fourth-order valence-corrected chi connectivity index (χ4v) is 1.08. The van der Waals surface area contributed by atoms with E-state index in [0.29, 0.717) is 5.02 Å². The van der Waals surface area contributed by atoms with E-state index in [-0.39, 0.29) is 5.88 Å². The molecule has 1 atom stereocenters. The second-order valence-electron chi connectivity index (χ2n) is 2.22. The highest BCUT2D eigenvalue weighted by Gasteiger charge is 2.03.